The number of halogens is 2. The van der Waals surface area contributed by atoms with Crippen LogP contribution in [0.15, 0.2) is 47.0 Å². The summed E-state index contributed by atoms with van der Waals surface area (Å²) in [6.07, 6.45) is 3.32. The van der Waals surface area contributed by atoms with E-state index in [0.29, 0.717) is 11.5 Å². The SMILES string of the molecule is CCCCc1ccc(-c2cc(COc3ccc(F)c(C(N)=O)c3F)on2)cc1. The van der Waals surface area contributed by atoms with Gasteiger partial charge in [-0.3, -0.25) is 4.79 Å². The lowest BCUT2D eigenvalue weighted by molar-refractivity contribution is 0.0991. The summed E-state index contributed by atoms with van der Waals surface area (Å²) < 4.78 is 38.2. The molecule has 7 heteroatoms. The summed E-state index contributed by atoms with van der Waals surface area (Å²) in [7, 11) is 0. The van der Waals surface area contributed by atoms with Crippen LogP contribution in [0.4, 0.5) is 8.78 Å². The van der Waals surface area contributed by atoms with E-state index < -0.39 is 23.1 Å². The number of rotatable bonds is 8. The lowest BCUT2D eigenvalue weighted by Crippen LogP contribution is -2.16. The van der Waals surface area contributed by atoms with Crippen molar-refractivity contribution in [2.75, 3.05) is 0 Å². The van der Waals surface area contributed by atoms with Crippen molar-refractivity contribution in [2.24, 2.45) is 5.73 Å². The lowest BCUT2D eigenvalue weighted by Gasteiger charge is -2.08. The zero-order valence-corrected chi connectivity index (χ0v) is 15.4. The summed E-state index contributed by atoms with van der Waals surface area (Å²) in [5, 5.41) is 3.99. The van der Waals surface area contributed by atoms with E-state index in [1.165, 1.54) is 5.56 Å². The fourth-order valence-corrected chi connectivity index (χ4v) is 2.76. The Morgan fingerprint density at radius 2 is 1.93 bits per heavy atom. The van der Waals surface area contributed by atoms with E-state index in [2.05, 4.69) is 24.2 Å². The smallest absolute Gasteiger partial charge is 0.254 e. The molecule has 0 bridgehead atoms. The van der Waals surface area contributed by atoms with E-state index in [1.54, 1.807) is 6.07 Å². The van der Waals surface area contributed by atoms with Gasteiger partial charge in [0.15, 0.2) is 17.3 Å². The average molecular weight is 386 g/mol. The molecule has 5 nitrogen and oxygen atoms in total. The molecular weight excluding hydrogens is 366 g/mol. The van der Waals surface area contributed by atoms with Gasteiger partial charge in [0.2, 0.25) is 0 Å². The molecule has 0 saturated carbocycles. The molecule has 0 radical (unpaired) electrons. The second kappa shape index (κ2) is 8.65. The molecule has 1 aromatic heterocycles. The van der Waals surface area contributed by atoms with E-state index in [0.717, 1.165) is 37.0 Å². The number of benzene rings is 2. The van der Waals surface area contributed by atoms with Crippen LogP contribution in [-0.4, -0.2) is 11.1 Å². The fourth-order valence-electron chi connectivity index (χ4n) is 2.76. The molecule has 0 fully saturated rings. The van der Waals surface area contributed by atoms with E-state index >= 15 is 0 Å². The molecule has 0 spiro atoms. The van der Waals surface area contributed by atoms with Crippen LogP contribution in [0.25, 0.3) is 11.3 Å². The fraction of sp³-hybridized carbons (Fsp3) is 0.238. The molecule has 1 heterocycles. The Balaban J connectivity index is 1.69. The number of primary amides is 1. The molecule has 2 aromatic carbocycles. The maximum absolute atomic E-state index is 14.2. The number of nitrogens with two attached hydrogens (primary N) is 1. The number of nitrogens with zero attached hydrogens (tertiary/aromatic N) is 1. The second-order valence-electron chi connectivity index (χ2n) is 6.37. The average Bonchev–Trinajstić information content (AvgIpc) is 3.15. The molecule has 0 aliphatic rings. The number of aromatic nitrogens is 1. The predicted octanol–water partition coefficient (Wildman–Crippen LogP) is 4.64. The van der Waals surface area contributed by atoms with Gasteiger partial charge in [-0.25, -0.2) is 8.78 Å². The first-order valence-corrected chi connectivity index (χ1v) is 8.95. The maximum atomic E-state index is 14.2. The molecule has 2 N–H and O–H groups in total. The molecule has 1 amide bonds. The largest absolute Gasteiger partial charge is 0.482 e. The Bertz CT molecular complexity index is 968. The van der Waals surface area contributed by atoms with Gasteiger partial charge in [-0.05, 0) is 30.5 Å². The molecule has 3 rings (SSSR count). The minimum atomic E-state index is -1.20. The van der Waals surface area contributed by atoms with Gasteiger partial charge in [0.1, 0.15) is 23.7 Å². The van der Waals surface area contributed by atoms with Crippen LogP contribution in [-0.2, 0) is 13.0 Å². The minimum Gasteiger partial charge on any atom is -0.482 e. The molecule has 0 aliphatic heterocycles. The van der Waals surface area contributed by atoms with Crippen molar-refractivity contribution in [2.45, 2.75) is 32.8 Å². The summed E-state index contributed by atoms with van der Waals surface area (Å²) >= 11 is 0. The first kappa shape index (κ1) is 19.5. The number of hydrogen-bond acceptors (Lipinski definition) is 4. The van der Waals surface area contributed by atoms with Crippen molar-refractivity contribution in [3.8, 4) is 17.0 Å². The third kappa shape index (κ3) is 4.36. The van der Waals surface area contributed by atoms with Crippen molar-refractivity contribution in [3.05, 3.63) is 71.0 Å². The van der Waals surface area contributed by atoms with Crippen LogP contribution >= 0.6 is 0 Å². The molecule has 0 atom stereocenters. The molecule has 0 aliphatic carbocycles. The first-order chi connectivity index (χ1) is 13.5. The van der Waals surface area contributed by atoms with Crippen molar-refractivity contribution < 1.29 is 22.8 Å². The Labute approximate surface area is 161 Å². The number of carbonyl (C=O) groups is 1. The minimum absolute atomic E-state index is 0.137. The van der Waals surface area contributed by atoms with E-state index in [-0.39, 0.29) is 12.4 Å². The van der Waals surface area contributed by atoms with Gasteiger partial charge in [0.25, 0.3) is 5.91 Å². The van der Waals surface area contributed by atoms with Crippen LogP contribution in [0.5, 0.6) is 5.75 Å². The predicted molar refractivity (Wildman–Crippen MR) is 99.8 cm³/mol. The monoisotopic (exact) mass is 386 g/mol. The Hall–Kier alpha value is -3.22. The summed E-state index contributed by atoms with van der Waals surface area (Å²) in [6.45, 7) is 2.02. The van der Waals surface area contributed by atoms with E-state index in [1.807, 2.05) is 12.1 Å². The van der Waals surface area contributed by atoms with Gasteiger partial charge in [-0.1, -0.05) is 42.8 Å². The number of aryl methyl sites for hydroxylation is 1. The second-order valence-corrected chi connectivity index (χ2v) is 6.37. The molecular formula is C21H20F2N2O3. The highest BCUT2D eigenvalue weighted by atomic mass is 19.1. The highest BCUT2D eigenvalue weighted by Gasteiger charge is 2.19. The van der Waals surface area contributed by atoms with Gasteiger partial charge in [0.05, 0.1) is 0 Å². The standard InChI is InChI=1S/C21H20F2N2O3/c1-2-3-4-13-5-7-14(8-6-13)17-11-15(28-25-17)12-27-18-10-9-16(22)19(20(18)23)21(24)26/h5-11H,2-4,12H2,1H3,(H2,24,26). The quantitative estimate of drug-likeness (QED) is 0.612. The number of unbranched alkanes of at least 4 members (excludes halogenated alkanes) is 1. The van der Waals surface area contributed by atoms with Gasteiger partial charge >= 0.3 is 0 Å². The molecule has 0 unspecified atom stereocenters. The summed E-state index contributed by atoms with van der Waals surface area (Å²) in [5.74, 6) is -3.33. The highest BCUT2D eigenvalue weighted by molar-refractivity contribution is 5.93. The van der Waals surface area contributed by atoms with Gasteiger partial charge < -0.3 is 15.0 Å². The third-order valence-corrected chi connectivity index (χ3v) is 4.30. The first-order valence-electron chi connectivity index (χ1n) is 8.95. The molecule has 3 aromatic rings. The number of ether oxygens (including phenoxy) is 1. The van der Waals surface area contributed by atoms with Crippen molar-refractivity contribution in [1.82, 2.24) is 5.16 Å². The van der Waals surface area contributed by atoms with Crippen molar-refractivity contribution >= 4 is 5.91 Å². The lowest BCUT2D eigenvalue weighted by atomic mass is 10.0. The third-order valence-electron chi connectivity index (χ3n) is 4.30. The van der Waals surface area contributed by atoms with Gasteiger partial charge in [-0.2, -0.15) is 0 Å². The summed E-state index contributed by atoms with van der Waals surface area (Å²) in [4.78, 5) is 11.2. The van der Waals surface area contributed by atoms with Crippen LogP contribution in [0.3, 0.4) is 0 Å². The topological polar surface area (TPSA) is 78.4 Å². The van der Waals surface area contributed by atoms with Crippen LogP contribution in [0, 0.1) is 11.6 Å². The highest BCUT2D eigenvalue weighted by Crippen LogP contribution is 2.25. The summed E-state index contributed by atoms with van der Waals surface area (Å²) in [5.41, 5.74) is 6.93. The van der Waals surface area contributed by atoms with E-state index in [4.69, 9.17) is 15.0 Å². The number of amides is 1. The zero-order valence-electron chi connectivity index (χ0n) is 15.4. The Morgan fingerprint density at radius 1 is 1.18 bits per heavy atom. The van der Waals surface area contributed by atoms with Crippen LogP contribution in [0.2, 0.25) is 0 Å². The van der Waals surface area contributed by atoms with Crippen LogP contribution < -0.4 is 10.5 Å². The Morgan fingerprint density at radius 3 is 2.61 bits per heavy atom. The molecule has 0 saturated heterocycles. The summed E-state index contributed by atoms with van der Waals surface area (Å²) in [6, 6.07) is 11.7. The number of hydrogen-bond donors (Lipinski definition) is 1. The van der Waals surface area contributed by atoms with Crippen LogP contribution in [0.1, 0.15) is 41.4 Å². The van der Waals surface area contributed by atoms with Gasteiger partial charge in [0, 0.05) is 11.6 Å². The molecule has 146 valence electrons. The molecule has 28 heavy (non-hydrogen) atoms. The Kier molecular flexibility index (Phi) is 6.03. The maximum Gasteiger partial charge on any atom is 0.254 e. The van der Waals surface area contributed by atoms with Gasteiger partial charge in [-0.15, -0.1) is 0 Å². The normalized spacial score (nSPS) is 10.8. The zero-order chi connectivity index (χ0) is 20.1. The van der Waals surface area contributed by atoms with Crippen molar-refractivity contribution in [1.29, 1.82) is 0 Å². The van der Waals surface area contributed by atoms with E-state index in [9.17, 15) is 13.6 Å². The van der Waals surface area contributed by atoms with Crippen molar-refractivity contribution in [3.63, 3.8) is 0 Å². The number of carbonyl (C=O) groups excluding carboxylic acids is 1.